The lowest BCUT2D eigenvalue weighted by Crippen LogP contribution is -2.53. The first-order valence-corrected chi connectivity index (χ1v) is 7.92. The van der Waals surface area contributed by atoms with Gasteiger partial charge in [-0.1, -0.05) is 12.5 Å². The molecule has 1 N–H and O–H groups in total. The minimum Gasteiger partial charge on any atom is -0.396 e. The smallest absolute Gasteiger partial charge is 0.233 e. The number of rotatable bonds is 3. The lowest BCUT2D eigenvalue weighted by Gasteiger charge is -2.45. The standard InChI is InChI=1S/C17H21F2NO2/c18-13-2-3-14(15(19)10-13)17(6-1-7-17)16(22)20-8-4-12(11-21)5-9-20/h2-3,10,12,21H,1,4-9,11H2. The normalized spacial score (nSPS) is 21.5. The molecule has 1 aliphatic carbocycles. The average Bonchev–Trinajstić information content (AvgIpc) is 2.48. The Morgan fingerprint density at radius 2 is 1.95 bits per heavy atom. The van der Waals surface area contributed by atoms with Crippen LogP contribution < -0.4 is 0 Å². The minimum absolute atomic E-state index is 0.0411. The van der Waals surface area contributed by atoms with Crippen molar-refractivity contribution in [2.45, 2.75) is 37.5 Å². The zero-order chi connectivity index (χ0) is 15.7. The number of likely N-dealkylation sites (tertiary alicyclic amines) is 1. The zero-order valence-corrected chi connectivity index (χ0v) is 12.5. The van der Waals surface area contributed by atoms with Crippen LogP contribution in [0, 0.1) is 17.6 Å². The minimum atomic E-state index is -0.816. The molecule has 1 heterocycles. The first-order chi connectivity index (χ1) is 10.6. The Morgan fingerprint density at radius 1 is 1.27 bits per heavy atom. The van der Waals surface area contributed by atoms with Gasteiger partial charge in [0, 0.05) is 31.3 Å². The molecule has 1 amide bonds. The van der Waals surface area contributed by atoms with E-state index in [-0.39, 0.29) is 18.4 Å². The van der Waals surface area contributed by atoms with Crippen molar-refractivity contribution < 1.29 is 18.7 Å². The van der Waals surface area contributed by atoms with Crippen LogP contribution >= 0.6 is 0 Å². The van der Waals surface area contributed by atoms with Crippen LogP contribution in [0.15, 0.2) is 18.2 Å². The fourth-order valence-electron chi connectivity index (χ4n) is 3.63. The summed E-state index contributed by atoms with van der Waals surface area (Å²) in [6.07, 6.45) is 3.69. The summed E-state index contributed by atoms with van der Waals surface area (Å²) in [6, 6.07) is 3.51. The van der Waals surface area contributed by atoms with Gasteiger partial charge in [0.25, 0.3) is 0 Å². The molecule has 1 saturated carbocycles. The summed E-state index contributed by atoms with van der Waals surface area (Å²) in [5, 5.41) is 9.18. The molecule has 3 nitrogen and oxygen atoms in total. The van der Waals surface area contributed by atoms with E-state index in [9.17, 15) is 18.7 Å². The van der Waals surface area contributed by atoms with Gasteiger partial charge in [-0.2, -0.15) is 0 Å². The molecular weight excluding hydrogens is 288 g/mol. The lowest BCUT2D eigenvalue weighted by molar-refractivity contribution is -0.142. The van der Waals surface area contributed by atoms with Crippen LogP contribution in [0.1, 0.15) is 37.7 Å². The quantitative estimate of drug-likeness (QED) is 0.932. The Kier molecular flexibility index (Phi) is 4.17. The molecule has 2 fully saturated rings. The maximum Gasteiger partial charge on any atom is 0.233 e. The van der Waals surface area contributed by atoms with Crippen molar-refractivity contribution >= 4 is 5.91 Å². The number of piperidine rings is 1. The van der Waals surface area contributed by atoms with E-state index in [4.69, 9.17) is 0 Å². The Balaban J connectivity index is 1.82. The highest BCUT2D eigenvalue weighted by atomic mass is 19.1. The average molecular weight is 309 g/mol. The predicted octanol–water partition coefficient (Wildman–Crippen LogP) is 2.62. The number of carbonyl (C=O) groups excluding carboxylic acids is 1. The summed E-state index contributed by atoms with van der Waals surface area (Å²) in [5.41, 5.74) is -0.487. The van der Waals surface area contributed by atoms with E-state index in [0.29, 0.717) is 31.5 Å². The molecular formula is C17H21F2NO2. The molecule has 1 saturated heterocycles. The Labute approximate surface area is 128 Å². The van der Waals surface area contributed by atoms with Gasteiger partial charge in [0.05, 0.1) is 5.41 Å². The zero-order valence-electron chi connectivity index (χ0n) is 12.5. The van der Waals surface area contributed by atoms with Gasteiger partial charge in [-0.25, -0.2) is 8.78 Å². The fourth-order valence-corrected chi connectivity index (χ4v) is 3.63. The van der Waals surface area contributed by atoms with Crippen LogP contribution in [-0.4, -0.2) is 35.6 Å². The summed E-state index contributed by atoms with van der Waals surface area (Å²) < 4.78 is 27.3. The number of aliphatic hydroxyl groups is 1. The Bertz CT molecular complexity index is 564. The molecule has 3 rings (SSSR count). The number of hydrogen-bond acceptors (Lipinski definition) is 2. The van der Waals surface area contributed by atoms with E-state index in [1.807, 2.05) is 0 Å². The van der Waals surface area contributed by atoms with Gasteiger partial charge in [-0.15, -0.1) is 0 Å². The highest BCUT2D eigenvalue weighted by Gasteiger charge is 2.49. The van der Waals surface area contributed by atoms with Crippen LogP contribution in [0.4, 0.5) is 8.78 Å². The van der Waals surface area contributed by atoms with Gasteiger partial charge < -0.3 is 10.0 Å². The molecule has 1 aliphatic heterocycles. The van der Waals surface area contributed by atoms with Crippen molar-refractivity contribution in [2.75, 3.05) is 19.7 Å². The molecule has 0 unspecified atom stereocenters. The van der Waals surface area contributed by atoms with Crippen LogP contribution in [0.25, 0.3) is 0 Å². The second-order valence-corrected chi connectivity index (χ2v) is 6.48. The maximum absolute atomic E-state index is 14.2. The van der Waals surface area contributed by atoms with Crippen LogP contribution in [0.2, 0.25) is 0 Å². The highest BCUT2D eigenvalue weighted by Crippen LogP contribution is 2.46. The van der Waals surface area contributed by atoms with Crippen LogP contribution in [-0.2, 0) is 10.2 Å². The van der Waals surface area contributed by atoms with Crippen molar-refractivity contribution in [3.8, 4) is 0 Å². The highest BCUT2D eigenvalue weighted by molar-refractivity contribution is 5.89. The third-order valence-corrected chi connectivity index (χ3v) is 5.22. The Morgan fingerprint density at radius 3 is 2.45 bits per heavy atom. The number of amides is 1. The monoisotopic (exact) mass is 309 g/mol. The van der Waals surface area contributed by atoms with Crippen LogP contribution in [0.5, 0.6) is 0 Å². The number of carbonyl (C=O) groups is 1. The van der Waals surface area contributed by atoms with Crippen molar-refractivity contribution in [3.05, 3.63) is 35.4 Å². The van der Waals surface area contributed by atoms with Crippen molar-refractivity contribution in [3.63, 3.8) is 0 Å². The molecule has 5 heteroatoms. The third-order valence-electron chi connectivity index (χ3n) is 5.22. The third kappa shape index (κ3) is 2.51. The van der Waals surface area contributed by atoms with Crippen molar-refractivity contribution in [2.24, 2.45) is 5.92 Å². The SMILES string of the molecule is O=C(N1CCC(CO)CC1)C1(c2ccc(F)cc2F)CCC1. The second-order valence-electron chi connectivity index (χ2n) is 6.48. The largest absolute Gasteiger partial charge is 0.396 e. The summed E-state index contributed by atoms with van der Waals surface area (Å²) in [4.78, 5) is 14.7. The second kappa shape index (κ2) is 5.95. The summed E-state index contributed by atoms with van der Waals surface area (Å²) in [6.45, 7) is 1.36. The fraction of sp³-hybridized carbons (Fsp3) is 0.588. The Hall–Kier alpha value is -1.49. The molecule has 0 atom stereocenters. The van der Waals surface area contributed by atoms with Crippen LogP contribution in [0.3, 0.4) is 0 Å². The van der Waals surface area contributed by atoms with E-state index < -0.39 is 17.0 Å². The molecule has 120 valence electrons. The molecule has 0 aromatic heterocycles. The molecule has 0 radical (unpaired) electrons. The van der Waals surface area contributed by atoms with E-state index in [2.05, 4.69) is 0 Å². The van der Waals surface area contributed by atoms with Crippen molar-refractivity contribution in [1.29, 1.82) is 0 Å². The predicted molar refractivity (Wildman–Crippen MR) is 78.3 cm³/mol. The number of hydrogen-bond donors (Lipinski definition) is 1. The van der Waals surface area contributed by atoms with Gasteiger partial charge in [0.15, 0.2) is 0 Å². The summed E-state index contributed by atoms with van der Waals surface area (Å²) in [5.74, 6) is -1.03. The van der Waals surface area contributed by atoms with Gasteiger partial charge >= 0.3 is 0 Å². The molecule has 2 aliphatic rings. The molecule has 0 bridgehead atoms. The van der Waals surface area contributed by atoms with E-state index in [1.165, 1.54) is 12.1 Å². The number of halogens is 2. The topological polar surface area (TPSA) is 40.5 Å². The number of nitrogens with zero attached hydrogens (tertiary/aromatic N) is 1. The van der Waals surface area contributed by atoms with E-state index in [1.54, 1.807) is 4.90 Å². The van der Waals surface area contributed by atoms with Gasteiger partial charge in [-0.3, -0.25) is 4.79 Å². The van der Waals surface area contributed by atoms with Gasteiger partial charge in [-0.05, 0) is 37.7 Å². The summed E-state index contributed by atoms with van der Waals surface area (Å²) >= 11 is 0. The maximum atomic E-state index is 14.2. The van der Waals surface area contributed by atoms with Crippen molar-refractivity contribution in [1.82, 2.24) is 4.90 Å². The lowest BCUT2D eigenvalue weighted by atomic mass is 9.63. The van der Waals surface area contributed by atoms with E-state index >= 15 is 0 Å². The first kappa shape index (κ1) is 15.4. The molecule has 1 aromatic rings. The van der Waals surface area contributed by atoms with E-state index in [0.717, 1.165) is 25.3 Å². The molecule has 1 aromatic carbocycles. The number of benzene rings is 1. The first-order valence-electron chi connectivity index (χ1n) is 7.92. The number of aliphatic hydroxyl groups excluding tert-OH is 1. The molecule has 22 heavy (non-hydrogen) atoms. The van der Waals surface area contributed by atoms with Gasteiger partial charge in [0.2, 0.25) is 5.91 Å². The van der Waals surface area contributed by atoms with Gasteiger partial charge in [0.1, 0.15) is 11.6 Å². The summed E-state index contributed by atoms with van der Waals surface area (Å²) in [7, 11) is 0. The molecule has 0 spiro atoms.